The molecule has 0 radical (unpaired) electrons. The second-order valence-electron chi connectivity index (χ2n) is 3.64. The molecule has 0 aliphatic rings. The first kappa shape index (κ1) is 11.3. The summed E-state index contributed by atoms with van der Waals surface area (Å²) in [5.41, 5.74) is 2.99. The lowest BCUT2D eigenvalue weighted by atomic mass is 10.1. The Labute approximate surface area is 99.3 Å². The SMILES string of the molecule is COC(=O)c1cncnc1-c1ccc(C)cc1. The van der Waals surface area contributed by atoms with Crippen LogP contribution in [0.25, 0.3) is 11.3 Å². The average Bonchev–Trinajstić information content (AvgIpc) is 2.39. The minimum atomic E-state index is -0.429. The number of rotatable bonds is 2. The Hall–Kier alpha value is -2.23. The van der Waals surface area contributed by atoms with E-state index < -0.39 is 5.97 Å². The van der Waals surface area contributed by atoms with Gasteiger partial charge in [-0.3, -0.25) is 0 Å². The number of aromatic nitrogens is 2. The molecule has 2 aromatic rings. The Bertz CT molecular complexity index is 535. The van der Waals surface area contributed by atoms with Gasteiger partial charge in [0.25, 0.3) is 0 Å². The summed E-state index contributed by atoms with van der Waals surface area (Å²) in [6, 6.07) is 7.78. The van der Waals surface area contributed by atoms with E-state index in [4.69, 9.17) is 4.74 Å². The van der Waals surface area contributed by atoms with Crippen LogP contribution in [0.15, 0.2) is 36.8 Å². The largest absolute Gasteiger partial charge is 0.465 e. The van der Waals surface area contributed by atoms with Gasteiger partial charge in [0, 0.05) is 11.8 Å². The second kappa shape index (κ2) is 4.74. The third kappa shape index (κ3) is 2.30. The molecule has 1 heterocycles. The molecule has 0 N–H and O–H groups in total. The van der Waals surface area contributed by atoms with E-state index in [0.717, 1.165) is 11.1 Å². The molecule has 1 aromatic heterocycles. The van der Waals surface area contributed by atoms with Gasteiger partial charge in [-0.1, -0.05) is 29.8 Å². The lowest BCUT2D eigenvalue weighted by Crippen LogP contribution is -2.05. The van der Waals surface area contributed by atoms with E-state index >= 15 is 0 Å². The monoisotopic (exact) mass is 228 g/mol. The number of benzene rings is 1. The maximum absolute atomic E-state index is 11.6. The predicted molar refractivity (Wildman–Crippen MR) is 63.5 cm³/mol. The average molecular weight is 228 g/mol. The fourth-order valence-corrected chi connectivity index (χ4v) is 1.53. The number of methoxy groups -OCH3 is 1. The van der Waals surface area contributed by atoms with E-state index in [9.17, 15) is 4.79 Å². The van der Waals surface area contributed by atoms with Crippen LogP contribution in [-0.2, 0) is 4.74 Å². The minimum absolute atomic E-state index is 0.374. The summed E-state index contributed by atoms with van der Waals surface area (Å²) >= 11 is 0. The van der Waals surface area contributed by atoms with Crippen LogP contribution in [0.2, 0.25) is 0 Å². The normalized spacial score (nSPS) is 10.0. The van der Waals surface area contributed by atoms with Gasteiger partial charge in [0.1, 0.15) is 11.9 Å². The number of aryl methyl sites for hydroxylation is 1. The number of nitrogens with zero attached hydrogens (tertiary/aromatic N) is 2. The molecule has 0 saturated heterocycles. The van der Waals surface area contributed by atoms with Crippen molar-refractivity contribution in [3.8, 4) is 11.3 Å². The Morgan fingerprint density at radius 1 is 1.24 bits per heavy atom. The molecule has 4 nitrogen and oxygen atoms in total. The third-order valence-corrected chi connectivity index (χ3v) is 2.44. The molecule has 0 bridgehead atoms. The molecular weight excluding hydrogens is 216 g/mol. The number of carbonyl (C=O) groups excluding carboxylic acids is 1. The van der Waals surface area contributed by atoms with Crippen molar-refractivity contribution >= 4 is 5.97 Å². The van der Waals surface area contributed by atoms with Crippen LogP contribution >= 0.6 is 0 Å². The molecule has 0 aliphatic heterocycles. The highest BCUT2D eigenvalue weighted by atomic mass is 16.5. The Morgan fingerprint density at radius 3 is 2.59 bits per heavy atom. The number of hydrogen-bond donors (Lipinski definition) is 0. The Balaban J connectivity index is 2.51. The smallest absolute Gasteiger partial charge is 0.341 e. The van der Waals surface area contributed by atoms with E-state index in [1.807, 2.05) is 31.2 Å². The standard InChI is InChI=1S/C13H12N2O2/c1-9-3-5-10(6-4-9)12-11(13(16)17-2)7-14-8-15-12/h3-8H,1-2H3. The zero-order valence-electron chi connectivity index (χ0n) is 9.68. The molecule has 0 aliphatic carbocycles. The van der Waals surface area contributed by atoms with Crippen molar-refractivity contribution in [3.05, 3.63) is 47.9 Å². The summed E-state index contributed by atoms with van der Waals surface area (Å²) in [7, 11) is 1.34. The molecule has 0 unspecified atom stereocenters. The first-order chi connectivity index (χ1) is 8.22. The summed E-state index contributed by atoms with van der Waals surface area (Å²) in [4.78, 5) is 19.6. The number of esters is 1. The van der Waals surface area contributed by atoms with Crippen molar-refractivity contribution in [3.63, 3.8) is 0 Å². The van der Waals surface area contributed by atoms with Crippen LogP contribution in [0, 0.1) is 6.92 Å². The quantitative estimate of drug-likeness (QED) is 0.740. The van der Waals surface area contributed by atoms with Gasteiger partial charge in [0.05, 0.1) is 12.8 Å². The fraction of sp³-hybridized carbons (Fsp3) is 0.154. The van der Waals surface area contributed by atoms with Crippen molar-refractivity contribution in [2.24, 2.45) is 0 Å². The molecule has 86 valence electrons. The third-order valence-electron chi connectivity index (χ3n) is 2.44. The zero-order chi connectivity index (χ0) is 12.3. The molecular formula is C13H12N2O2. The Kier molecular flexibility index (Phi) is 3.14. The zero-order valence-corrected chi connectivity index (χ0v) is 9.68. The summed E-state index contributed by atoms with van der Waals surface area (Å²) in [5.74, 6) is -0.429. The molecule has 1 aromatic carbocycles. The first-order valence-electron chi connectivity index (χ1n) is 5.17. The molecule has 0 fully saturated rings. The van der Waals surface area contributed by atoms with Crippen molar-refractivity contribution in [2.75, 3.05) is 7.11 Å². The van der Waals surface area contributed by atoms with Crippen LogP contribution in [0.1, 0.15) is 15.9 Å². The fourth-order valence-electron chi connectivity index (χ4n) is 1.53. The molecule has 0 amide bonds. The predicted octanol–water partition coefficient (Wildman–Crippen LogP) is 2.24. The van der Waals surface area contributed by atoms with Gasteiger partial charge >= 0.3 is 5.97 Å². The van der Waals surface area contributed by atoms with E-state index in [0.29, 0.717) is 11.3 Å². The maximum Gasteiger partial charge on any atom is 0.341 e. The van der Waals surface area contributed by atoms with Crippen molar-refractivity contribution < 1.29 is 9.53 Å². The van der Waals surface area contributed by atoms with Gasteiger partial charge < -0.3 is 4.74 Å². The van der Waals surface area contributed by atoms with Crippen molar-refractivity contribution in [1.82, 2.24) is 9.97 Å². The van der Waals surface area contributed by atoms with Gasteiger partial charge in [-0.05, 0) is 6.92 Å². The van der Waals surface area contributed by atoms with Crippen LogP contribution in [0.3, 0.4) is 0 Å². The number of carbonyl (C=O) groups is 1. The number of hydrogen-bond acceptors (Lipinski definition) is 4. The molecule has 0 atom stereocenters. The second-order valence-corrected chi connectivity index (χ2v) is 3.64. The van der Waals surface area contributed by atoms with E-state index in [-0.39, 0.29) is 0 Å². The topological polar surface area (TPSA) is 52.1 Å². The van der Waals surface area contributed by atoms with Crippen LogP contribution in [0.5, 0.6) is 0 Å². The molecule has 4 heteroatoms. The summed E-state index contributed by atoms with van der Waals surface area (Å²) in [6.45, 7) is 2.00. The molecule has 0 spiro atoms. The lowest BCUT2D eigenvalue weighted by molar-refractivity contribution is 0.0600. The highest BCUT2D eigenvalue weighted by Gasteiger charge is 2.14. The highest BCUT2D eigenvalue weighted by molar-refractivity contribution is 5.95. The summed E-state index contributed by atoms with van der Waals surface area (Å²) in [6.07, 6.45) is 2.88. The van der Waals surface area contributed by atoms with Crippen molar-refractivity contribution in [1.29, 1.82) is 0 Å². The van der Waals surface area contributed by atoms with Gasteiger partial charge in [-0.25, -0.2) is 14.8 Å². The first-order valence-corrected chi connectivity index (χ1v) is 5.17. The van der Waals surface area contributed by atoms with Crippen LogP contribution < -0.4 is 0 Å². The minimum Gasteiger partial charge on any atom is -0.465 e. The van der Waals surface area contributed by atoms with Gasteiger partial charge in [0.2, 0.25) is 0 Å². The molecule has 17 heavy (non-hydrogen) atoms. The van der Waals surface area contributed by atoms with Gasteiger partial charge in [-0.2, -0.15) is 0 Å². The van der Waals surface area contributed by atoms with Crippen LogP contribution in [0.4, 0.5) is 0 Å². The van der Waals surface area contributed by atoms with Gasteiger partial charge in [-0.15, -0.1) is 0 Å². The molecule has 2 rings (SSSR count). The summed E-state index contributed by atoms with van der Waals surface area (Å²) in [5, 5.41) is 0. The van der Waals surface area contributed by atoms with E-state index in [1.165, 1.54) is 19.6 Å². The number of ether oxygens (including phenoxy) is 1. The van der Waals surface area contributed by atoms with E-state index in [2.05, 4.69) is 9.97 Å². The van der Waals surface area contributed by atoms with Gasteiger partial charge in [0.15, 0.2) is 0 Å². The van der Waals surface area contributed by atoms with Crippen LogP contribution in [-0.4, -0.2) is 23.0 Å². The molecule has 0 saturated carbocycles. The maximum atomic E-state index is 11.6. The Morgan fingerprint density at radius 2 is 1.94 bits per heavy atom. The lowest BCUT2D eigenvalue weighted by Gasteiger charge is -2.06. The van der Waals surface area contributed by atoms with Crippen molar-refractivity contribution in [2.45, 2.75) is 6.92 Å². The van der Waals surface area contributed by atoms with E-state index in [1.54, 1.807) is 0 Å². The summed E-state index contributed by atoms with van der Waals surface area (Å²) < 4.78 is 4.70. The highest BCUT2D eigenvalue weighted by Crippen LogP contribution is 2.21.